The van der Waals surface area contributed by atoms with Crippen LogP contribution >= 0.6 is 0 Å². The van der Waals surface area contributed by atoms with Crippen molar-refractivity contribution in [2.24, 2.45) is 5.73 Å². The maximum atomic E-state index is 10.8. The smallest absolute Gasteiger partial charge is 0.304 e. The highest BCUT2D eigenvalue weighted by molar-refractivity contribution is 5.92. The van der Waals surface area contributed by atoms with Crippen molar-refractivity contribution in [2.45, 2.75) is 0 Å². The lowest BCUT2D eigenvalue weighted by atomic mass is 10.3. The van der Waals surface area contributed by atoms with Crippen LogP contribution in [0.4, 0.5) is 0 Å². The van der Waals surface area contributed by atoms with Crippen LogP contribution < -0.4 is 10.5 Å². The zero-order valence-corrected chi connectivity index (χ0v) is 7.48. The number of rotatable bonds is 2. The Morgan fingerprint density at radius 2 is 2.36 bits per heavy atom. The predicted octanol–water partition coefficient (Wildman–Crippen LogP) is 0.935. The number of carbonyl (C=O) groups is 1. The average molecular weight is 192 g/mol. The summed E-state index contributed by atoms with van der Waals surface area (Å²) in [6, 6.07) is 5.17. The highest BCUT2D eigenvalue weighted by Crippen LogP contribution is 2.24. The van der Waals surface area contributed by atoms with Gasteiger partial charge in [-0.3, -0.25) is 4.79 Å². The van der Waals surface area contributed by atoms with Crippen molar-refractivity contribution in [3.63, 3.8) is 0 Å². The van der Waals surface area contributed by atoms with Gasteiger partial charge in [-0.05, 0) is 12.1 Å². The summed E-state index contributed by atoms with van der Waals surface area (Å²) < 4.78 is 10.2. The molecule has 1 heterocycles. The van der Waals surface area contributed by atoms with Crippen LogP contribution in [0.2, 0.25) is 0 Å². The van der Waals surface area contributed by atoms with Crippen molar-refractivity contribution in [1.82, 2.24) is 4.98 Å². The number of primary amides is 1. The van der Waals surface area contributed by atoms with Gasteiger partial charge >= 0.3 is 5.91 Å². The normalized spacial score (nSPS) is 10.4. The van der Waals surface area contributed by atoms with Gasteiger partial charge in [0.2, 0.25) is 0 Å². The van der Waals surface area contributed by atoms with Crippen LogP contribution in [0.5, 0.6) is 5.75 Å². The molecule has 0 bridgehead atoms. The van der Waals surface area contributed by atoms with Gasteiger partial charge in [0.1, 0.15) is 5.75 Å². The van der Waals surface area contributed by atoms with Crippen molar-refractivity contribution in [1.29, 1.82) is 0 Å². The highest BCUT2D eigenvalue weighted by atomic mass is 16.5. The molecule has 1 amide bonds. The Kier molecular flexibility index (Phi) is 1.85. The summed E-state index contributed by atoms with van der Waals surface area (Å²) in [6.45, 7) is 0. The van der Waals surface area contributed by atoms with Crippen molar-refractivity contribution in [2.75, 3.05) is 7.11 Å². The second-order valence-electron chi connectivity index (χ2n) is 2.69. The van der Waals surface area contributed by atoms with E-state index in [9.17, 15) is 4.79 Å². The first-order chi connectivity index (χ1) is 6.72. The standard InChI is InChI=1S/C9H8N2O3/c1-13-5-3-2-4-6-7(5)11-9(14-6)8(10)12/h2-4H,1H3,(H2,10,12). The number of hydrogen-bond acceptors (Lipinski definition) is 4. The van der Waals surface area contributed by atoms with Crippen molar-refractivity contribution in [3.05, 3.63) is 24.1 Å². The molecule has 72 valence electrons. The molecule has 0 fully saturated rings. The molecule has 0 aliphatic heterocycles. The Morgan fingerprint density at radius 1 is 1.57 bits per heavy atom. The third-order valence-corrected chi connectivity index (χ3v) is 1.81. The third kappa shape index (κ3) is 1.19. The second-order valence-corrected chi connectivity index (χ2v) is 2.69. The number of nitrogens with zero attached hydrogens (tertiary/aromatic N) is 1. The highest BCUT2D eigenvalue weighted by Gasteiger charge is 2.13. The van der Waals surface area contributed by atoms with Gasteiger partial charge in [-0.15, -0.1) is 0 Å². The van der Waals surface area contributed by atoms with Gasteiger partial charge in [-0.1, -0.05) is 6.07 Å². The zero-order chi connectivity index (χ0) is 10.1. The second kappa shape index (κ2) is 3.02. The fourth-order valence-electron chi connectivity index (χ4n) is 1.19. The summed E-state index contributed by atoms with van der Waals surface area (Å²) in [5.74, 6) is -0.244. The fourth-order valence-corrected chi connectivity index (χ4v) is 1.19. The lowest BCUT2D eigenvalue weighted by Crippen LogP contribution is -2.10. The van der Waals surface area contributed by atoms with Crippen LogP contribution in [0, 0.1) is 0 Å². The van der Waals surface area contributed by atoms with E-state index in [1.54, 1.807) is 18.2 Å². The number of nitrogens with two attached hydrogens (primary N) is 1. The molecule has 0 aliphatic carbocycles. The van der Waals surface area contributed by atoms with Crippen molar-refractivity contribution in [3.8, 4) is 5.75 Å². The minimum atomic E-state index is -0.691. The van der Waals surface area contributed by atoms with E-state index in [1.165, 1.54) is 7.11 Å². The quantitative estimate of drug-likeness (QED) is 0.767. The monoisotopic (exact) mass is 192 g/mol. The molecule has 0 saturated heterocycles. The number of methoxy groups -OCH3 is 1. The molecule has 0 spiro atoms. The lowest BCUT2D eigenvalue weighted by molar-refractivity contribution is 0.0969. The van der Waals surface area contributed by atoms with Crippen LogP contribution in [0.25, 0.3) is 11.1 Å². The molecule has 2 aromatic rings. The van der Waals surface area contributed by atoms with Crippen LogP contribution in [0.3, 0.4) is 0 Å². The average Bonchev–Trinajstić information content (AvgIpc) is 2.60. The number of para-hydroxylation sites is 1. The Morgan fingerprint density at radius 3 is 3.00 bits per heavy atom. The Balaban J connectivity index is 2.70. The molecular weight excluding hydrogens is 184 g/mol. The molecular formula is C9H8N2O3. The van der Waals surface area contributed by atoms with Gasteiger partial charge in [0.05, 0.1) is 7.11 Å². The first-order valence-electron chi connectivity index (χ1n) is 3.95. The summed E-state index contributed by atoms with van der Waals surface area (Å²) in [5, 5.41) is 0. The van der Waals surface area contributed by atoms with Gasteiger partial charge in [0, 0.05) is 0 Å². The van der Waals surface area contributed by atoms with Crippen molar-refractivity contribution >= 4 is 17.0 Å². The van der Waals surface area contributed by atoms with Gasteiger partial charge in [-0.25, -0.2) is 4.98 Å². The lowest BCUT2D eigenvalue weighted by Gasteiger charge is -1.96. The van der Waals surface area contributed by atoms with E-state index in [1.807, 2.05) is 0 Å². The van der Waals surface area contributed by atoms with E-state index in [-0.39, 0.29) is 5.89 Å². The number of benzene rings is 1. The van der Waals surface area contributed by atoms with Crippen LogP contribution in [0.15, 0.2) is 22.6 Å². The molecule has 1 aromatic heterocycles. The summed E-state index contributed by atoms with van der Waals surface area (Å²) >= 11 is 0. The number of hydrogen-bond donors (Lipinski definition) is 1. The Bertz CT molecular complexity index is 490. The van der Waals surface area contributed by atoms with Gasteiger partial charge in [-0.2, -0.15) is 0 Å². The molecule has 5 nitrogen and oxygen atoms in total. The molecule has 2 rings (SSSR count). The molecule has 5 heteroatoms. The van der Waals surface area contributed by atoms with E-state index in [4.69, 9.17) is 14.9 Å². The summed E-state index contributed by atoms with van der Waals surface area (Å²) in [7, 11) is 1.52. The fraction of sp³-hybridized carbons (Fsp3) is 0.111. The topological polar surface area (TPSA) is 78.4 Å². The number of aromatic nitrogens is 1. The minimum Gasteiger partial charge on any atom is -0.494 e. The van der Waals surface area contributed by atoms with Crippen LogP contribution in [-0.4, -0.2) is 18.0 Å². The molecule has 0 radical (unpaired) electrons. The first kappa shape index (κ1) is 8.55. The van der Waals surface area contributed by atoms with E-state index in [2.05, 4.69) is 4.98 Å². The zero-order valence-electron chi connectivity index (χ0n) is 7.48. The van der Waals surface area contributed by atoms with E-state index < -0.39 is 5.91 Å². The molecule has 0 unspecified atom stereocenters. The van der Waals surface area contributed by atoms with Crippen LogP contribution in [-0.2, 0) is 0 Å². The SMILES string of the molecule is COc1cccc2oc(C(N)=O)nc12. The number of ether oxygens (including phenoxy) is 1. The Labute approximate surface area is 79.5 Å². The number of amides is 1. The van der Waals surface area contributed by atoms with E-state index >= 15 is 0 Å². The molecule has 2 N–H and O–H groups in total. The van der Waals surface area contributed by atoms with E-state index in [0.717, 1.165) is 0 Å². The summed E-state index contributed by atoms with van der Waals surface area (Å²) in [6.07, 6.45) is 0. The molecule has 0 saturated carbocycles. The first-order valence-corrected chi connectivity index (χ1v) is 3.95. The van der Waals surface area contributed by atoms with E-state index in [0.29, 0.717) is 16.8 Å². The van der Waals surface area contributed by atoms with Gasteiger partial charge in [0.25, 0.3) is 5.89 Å². The number of fused-ring (bicyclic) bond motifs is 1. The summed E-state index contributed by atoms with van der Waals surface area (Å²) in [4.78, 5) is 14.7. The maximum absolute atomic E-state index is 10.8. The summed E-state index contributed by atoms with van der Waals surface area (Å²) in [5.41, 5.74) is 6.02. The maximum Gasteiger partial charge on any atom is 0.304 e. The minimum absolute atomic E-state index is 0.107. The predicted molar refractivity (Wildman–Crippen MR) is 49.1 cm³/mol. The van der Waals surface area contributed by atoms with Gasteiger partial charge < -0.3 is 14.9 Å². The Hall–Kier alpha value is -2.04. The molecule has 0 atom stereocenters. The number of oxazole rings is 1. The van der Waals surface area contributed by atoms with Crippen molar-refractivity contribution < 1.29 is 13.9 Å². The van der Waals surface area contributed by atoms with Gasteiger partial charge in [0.15, 0.2) is 11.1 Å². The van der Waals surface area contributed by atoms with Crippen LogP contribution in [0.1, 0.15) is 10.7 Å². The molecule has 1 aromatic carbocycles. The largest absolute Gasteiger partial charge is 0.494 e. The molecule has 0 aliphatic rings. The molecule has 14 heavy (non-hydrogen) atoms. The third-order valence-electron chi connectivity index (χ3n) is 1.81. The number of carbonyl (C=O) groups excluding carboxylic acids is 1.